The van der Waals surface area contributed by atoms with E-state index in [0.29, 0.717) is 0 Å². The van der Waals surface area contributed by atoms with Crippen LogP contribution in [-0.4, -0.2) is 27.5 Å². The average Bonchev–Trinajstić information content (AvgIpc) is 2.28. The monoisotopic (exact) mass is 234 g/mol. The van der Waals surface area contributed by atoms with E-state index in [9.17, 15) is 13.2 Å². The lowest BCUT2D eigenvalue weighted by Crippen LogP contribution is -2.06. The van der Waals surface area contributed by atoms with Crippen LogP contribution < -0.4 is 0 Å². The molecule has 0 saturated heterocycles. The maximum Gasteiger partial charge on any atom is 0.449 e. The first kappa shape index (κ1) is 12.9. The molecule has 10 heteroatoms. The number of rotatable bonds is 0. The van der Waals surface area contributed by atoms with Crippen LogP contribution in [0.4, 0.5) is 13.2 Å². The predicted molar refractivity (Wildman–Crippen MR) is 37.8 cm³/mol. The Labute approximate surface area is 76.4 Å². The number of hydrogen-bond acceptors (Lipinski definition) is 3. The summed E-state index contributed by atoms with van der Waals surface area (Å²) in [6, 6.07) is 0. The molecule has 0 bridgehead atoms. The minimum Gasteiger partial charge on any atom is -0.341 e. The van der Waals surface area contributed by atoms with Crippen LogP contribution in [0, 0.1) is 0 Å². The van der Waals surface area contributed by atoms with Gasteiger partial charge in [0.2, 0.25) is 5.82 Å². The van der Waals surface area contributed by atoms with Gasteiger partial charge in [0.25, 0.3) is 0 Å². The minimum atomic E-state index is -4.67. The predicted octanol–water partition coefficient (Wildman–Crippen LogP) is 0.776. The Morgan fingerprint density at radius 1 is 1.36 bits per heavy atom. The highest BCUT2D eigenvalue weighted by Crippen LogP contribution is 2.24. The third-order valence-corrected chi connectivity index (χ3v) is 0.767. The van der Waals surface area contributed by atoms with Crippen LogP contribution in [0.15, 0.2) is 12.4 Å². The highest BCUT2D eigenvalue weighted by atomic mass is 32.3. The highest BCUT2D eigenvalue weighted by Gasteiger charge is 2.33. The number of imidazole rings is 1. The molecule has 1 heterocycles. The van der Waals surface area contributed by atoms with Crippen LogP contribution in [0.25, 0.3) is 0 Å². The van der Waals surface area contributed by atoms with E-state index in [1.807, 2.05) is 4.98 Å². The Balaban J connectivity index is 0.000000292. The topological polar surface area (TPSA) is 103 Å². The van der Waals surface area contributed by atoms with E-state index in [1.54, 1.807) is 0 Å². The van der Waals surface area contributed by atoms with Gasteiger partial charge in [-0.2, -0.15) is 21.6 Å². The van der Waals surface area contributed by atoms with Gasteiger partial charge < -0.3 is 4.98 Å². The third kappa shape index (κ3) is 7.52. The Kier molecular flexibility index (Phi) is 4.04. The fraction of sp³-hybridized carbons (Fsp3) is 0.250. The van der Waals surface area contributed by atoms with Crippen molar-refractivity contribution in [2.24, 2.45) is 0 Å². The van der Waals surface area contributed by atoms with Crippen LogP contribution in [0.2, 0.25) is 0 Å². The quantitative estimate of drug-likeness (QED) is 0.575. The summed E-state index contributed by atoms with van der Waals surface area (Å²) in [6.07, 6.45) is -2.16. The summed E-state index contributed by atoms with van der Waals surface area (Å²) in [4.78, 5) is 4.95. The number of nitrogens with zero attached hydrogens (tertiary/aromatic N) is 1. The first-order chi connectivity index (χ1) is 6.11. The van der Waals surface area contributed by atoms with E-state index >= 15 is 0 Å². The molecule has 0 amide bonds. The summed E-state index contributed by atoms with van der Waals surface area (Å²) in [5.41, 5.74) is 0. The van der Waals surface area contributed by atoms with Crippen molar-refractivity contribution in [1.29, 1.82) is 0 Å². The average molecular weight is 234 g/mol. The summed E-state index contributed by atoms with van der Waals surface area (Å²) in [6.45, 7) is 0. The number of aromatic amines is 1. The zero-order valence-corrected chi connectivity index (χ0v) is 7.17. The second-order valence-electron chi connectivity index (χ2n) is 1.88. The van der Waals surface area contributed by atoms with Crippen LogP contribution in [0.1, 0.15) is 5.82 Å². The van der Waals surface area contributed by atoms with Gasteiger partial charge in [0, 0.05) is 12.4 Å². The van der Waals surface area contributed by atoms with Crippen LogP contribution >= 0.6 is 0 Å². The number of halogens is 3. The van der Waals surface area contributed by atoms with E-state index in [4.69, 9.17) is 17.5 Å². The molecule has 0 unspecified atom stereocenters. The molecule has 0 aliphatic carbocycles. The molecule has 0 fully saturated rings. The van der Waals surface area contributed by atoms with Gasteiger partial charge in [-0.3, -0.25) is 9.11 Å². The van der Waals surface area contributed by atoms with E-state index in [-0.39, 0.29) is 0 Å². The zero-order chi connectivity index (χ0) is 11.4. The molecular formula is C4H5F3N2O4S. The second kappa shape index (κ2) is 4.39. The Morgan fingerprint density at radius 2 is 1.79 bits per heavy atom. The first-order valence-electron chi connectivity index (χ1n) is 2.87. The molecule has 0 radical (unpaired) electrons. The molecular weight excluding hydrogens is 229 g/mol. The number of H-pyrrole nitrogens is 1. The Bertz CT molecular complexity index is 348. The van der Waals surface area contributed by atoms with Crippen molar-refractivity contribution in [2.75, 3.05) is 0 Å². The standard InChI is InChI=1S/C4H3F3N2.H2O4S/c5-4(6,7)3-8-1-2-9-3;1-5(2,3)4/h1-2H,(H,8,9);(H2,1,2,3,4). The SMILES string of the molecule is FC(F)(F)c1ncc[nH]1.O=S(=O)(O)O. The molecule has 1 aromatic rings. The molecule has 0 spiro atoms. The normalized spacial score (nSPS) is 11.8. The number of alkyl halides is 3. The van der Waals surface area contributed by atoms with Crippen molar-refractivity contribution in [3.05, 3.63) is 18.2 Å². The van der Waals surface area contributed by atoms with E-state index < -0.39 is 22.4 Å². The number of nitrogens with one attached hydrogen (secondary N) is 1. The molecule has 14 heavy (non-hydrogen) atoms. The summed E-state index contributed by atoms with van der Waals surface area (Å²) in [5.74, 6) is -0.956. The maximum atomic E-state index is 11.5. The van der Waals surface area contributed by atoms with Gasteiger partial charge >= 0.3 is 16.6 Å². The number of hydrogen-bond donors (Lipinski definition) is 3. The third-order valence-electron chi connectivity index (χ3n) is 0.767. The largest absolute Gasteiger partial charge is 0.449 e. The molecule has 0 saturated carbocycles. The Hall–Kier alpha value is -1.13. The van der Waals surface area contributed by atoms with Gasteiger partial charge in [0.15, 0.2) is 0 Å². The smallest absolute Gasteiger partial charge is 0.341 e. The van der Waals surface area contributed by atoms with E-state index in [1.165, 1.54) is 0 Å². The molecule has 0 aliphatic rings. The molecule has 6 nitrogen and oxygen atoms in total. The van der Waals surface area contributed by atoms with E-state index in [0.717, 1.165) is 12.4 Å². The van der Waals surface area contributed by atoms with Gasteiger partial charge in [-0.1, -0.05) is 0 Å². The highest BCUT2D eigenvalue weighted by molar-refractivity contribution is 7.79. The molecule has 0 aliphatic heterocycles. The summed E-state index contributed by atoms with van der Waals surface area (Å²) >= 11 is 0. The molecule has 1 rings (SSSR count). The Morgan fingerprint density at radius 3 is 1.93 bits per heavy atom. The van der Waals surface area contributed by atoms with Crippen molar-refractivity contribution >= 4 is 10.4 Å². The molecule has 82 valence electrons. The van der Waals surface area contributed by atoms with Crippen LogP contribution in [-0.2, 0) is 16.6 Å². The summed E-state index contributed by atoms with van der Waals surface area (Å²) in [5, 5.41) is 0. The van der Waals surface area contributed by atoms with Crippen molar-refractivity contribution in [2.45, 2.75) is 6.18 Å². The van der Waals surface area contributed by atoms with E-state index in [2.05, 4.69) is 4.98 Å². The van der Waals surface area contributed by atoms with Gasteiger partial charge in [-0.25, -0.2) is 4.98 Å². The molecule has 0 atom stereocenters. The van der Waals surface area contributed by atoms with Gasteiger partial charge in [0.1, 0.15) is 0 Å². The lowest BCUT2D eigenvalue weighted by atomic mass is 10.6. The summed E-state index contributed by atoms with van der Waals surface area (Å²) in [7, 11) is -4.67. The van der Waals surface area contributed by atoms with Gasteiger partial charge in [-0.15, -0.1) is 0 Å². The van der Waals surface area contributed by atoms with Crippen molar-refractivity contribution in [3.63, 3.8) is 0 Å². The lowest BCUT2D eigenvalue weighted by Gasteiger charge is -1.98. The second-order valence-corrected chi connectivity index (χ2v) is 2.78. The van der Waals surface area contributed by atoms with Gasteiger partial charge in [-0.05, 0) is 0 Å². The van der Waals surface area contributed by atoms with Gasteiger partial charge in [0.05, 0.1) is 0 Å². The van der Waals surface area contributed by atoms with Crippen molar-refractivity contribution in [1.82, 2.24) is 9.97 Å². The van der Waals surface area contributed by atoms with Crippen molar-refractivity contribution in [3.8, 4) is 0 Å². The zero-order valence-electron chi connectivity index (χ0n) is 6.35. The fourth-order valence-electron chi connectivity index (χ4n) is 0.420. The maximum absolute atomic E-state index is 11.5. The minimum absolute atomic E-state index is 0.956. The fourth-order valence-corrected chi connectivity index (χ4v) is 0.420. The summed E-state index contributed by atoms with van der Waals surface area (Å²) < 4.78 is 66.2. The first-order valence-corrected chi connectivity index (χ1v) is 4.27. The van der Waals surface area contributed by atoms with Crippen molar-refractivity contribution < 1.29 is 30.7 Å². The van der Waals surface area contributed by atoms with Crippen LogP contribution in [0.3, 0.4) is 0 Å². The molecule has 3 N–H and O–H groups in total. The number of aromatic nitrogens is 2. The molecule has 0 aromatic carbocycles. The van der Waals surface area contributed by atoms with Crippen LogP contribution in [0.5, 0.6) is 0 Å². The lowest BCUT2D eigenvalue weighted by molar-refractivity contribution is -0.144. The molecule has 1 aromatic heterocycles.